The van der Waals surface area contributed by atoms with Gasteiger partial charge in [0.25, 0.3) is 0 Å². The van der Waals surface area contributed by atoms with Crippen LogP contribution < -0.4 is 4.74 Å². The molecule has 0 saturated carbocycles. The molecule has 78 valence electrons. The van der Waals surface area contributed by atoms with E-state index in [1.165, 1.54) is 21.9 Å². The van der Waals surface area contributed by atoms with Crippen LogP contribution in [0.25, 0.3) is 10.8 Å². The summed E-state index contributed by atoms with van der Waals surface area (Å²) in [6, 6.07) is 10.6. The molecule has 0 aliphatic rings. The van der Waals surface area contributed by atoms with Gasteiger partial charge < -0.3 is 4.74 Å². The second kappa shape index (κ2) is 3.93. The number of methoxy groups -OCH3 is 1. The Bertz CT molecular complexity index is 486. The van der Waals surface area contributed by atoms with Gasteiger partial charge in [0.15, 0.2) is 0 Å². The summed E-state index contributed by atoms with van der Waals surface area (Å²) in [5.41, 5.74) is 2.81. The van der Waals surface area contributed by atoms with Crippen LogP contribution in [-0.2, 0) is 6.42 Å². The highest BCUT2D eigenvalue weighted by Gasteiger charge is 2.02. The van der Waals surface area contributed by atoms with Gasteiger partial charge in [-0.25, -0.2) is 0 Å². The molecule has 2 rings (SSSR count). The maximum atomic E-state index is 5.22. The summed E-state index contributed by atoms with van der Waals surface area (Å²) in [6.07, 6.45) is 1.09. The third kappa shape index (κ3) is 1.70. The van der Waals surface area contributed by atoms with E-state index in [1.54, 1.807) is 7.11 Å². The topological polar surface area (TPSA) is 9.23 Å². The van der Waals surface area contributed by atoms with Crippen molar-refractivity contribution in [3.05, 3.63) is 41.5 Å². The highest BCUT2D eigenvalue weighted by atomic mass is 16.5. The van der Waals surface area contributed by atoms with Crippen LogP contribution in [-0.4, -0.2) is 7.11 Å². The van der Waals surface area contributed by atoms with Crippen LogP contribution in [0.2, 0.25) is 0 Å². The molecule has 0 amide bonds. The molecule has 0 bridgehead atoms. The molecular weight excluding hydrogens is 184 g/mol. The summed E-state index contributed by atoms with van der Waals surface area (Å²) < 4.78 is 5.22. The van der Waals surface area contributed by atoms with Crippen molar-refractivity contribution < 1.29 is 4.74 Å². The first-order valence-electron chi connectivity index (χ1n) is 5.32. The zero-order valence-corrected chi connectivity index (χ0v) is 9.50. The molecule has 0 heterocycles. The average molecular weight is 200 g/mol. The van der Waals surface area contributed by atoms with Crippen LogP contribution in [0.4, 0.5) is 0 Å². The molecule has 2 aromatic rings. The van der Waals surface area contributed by atoms with Crippen LogP contribution in [0.1, 0.15) is 18.1 Å². The number of fused-ring (bicyclic) bond motifs is 1. The smallest absolute Gasteiger partial charge is 0.119 e. The SMILES string of the molecule is CCc1ccc2cc(OC)ccc2c1C. The Kier molecular flexibility index (Phi) is 2.63. The molecular formula is C14H16O. The molecule has 0 unspecified atom stereocenters. The highest BCUT2D eigenvalue weighted by Crippen LogP contribution is 2.25. The van der Waals surface area contributed by atoms with Crippen molar-refractivity contribution in [3.63, 3.8) is 0 Å². The third-order valence-electron chi connectivity index (χ3n) is 2.99. The molecule has 0 aliphatic heterocycles. The Morgan fingerprint density at radius 1 is 1.13 bits per heavy atom. The Labute approximate surface area is 90.7 Å². The quantitative estimate of drug-likeness (QED) is 0.718. The summed E-state index contributed by atoms with van der Waals surface area (Å²) in [5.74, 6) is 0.922. The minimum absolute atomic E-state index is 0.922. The first kappa shape index (κ1) is 10.0. The highest BCUT2D eigenvalue weighted by molar-refractivity contribution is 5.87. The first-order valence-corrected chi connectivity index (χ1v) is 5.32. The van der Waals surface area contributed by atoms with Gasteiger partial charge in [0.05, 0.1) is 7.11 Å². The van der Waals surface area contributed by atoms with E-state index in [2.05, 4.69) is 38.1 Å². The molecule has 1 heteroatoms. The van der Waals surface area contributed by atoms with Gasteiger partial charge in [-0.05, 0) is 47.4 Å². The van der Waals surface area contributed by atoms with Crippen molar-refractivity contribution in [1.29, 1.82) is 0 Å². The summed E-state index contributed by atoms with van der Waals surface area (Å²) in [6.45, 7) is 4.38. The summed E-state index contributed by atoms with van der Waals surface area (Å²) in [4.78, 5) is 0. The zero-order valence-electron chi connectivity index (χ0n) is 9.50. The summed E-state index contributed by atoms with van der Waals surface area (Å²) in [5, 5.41) is 2.58. The number of benzene rings is 2. The van der Waals surface area contributed by atoms with E-state index in [1.807, 2.05) is 6.07 Å². The molecule has 0 N–H and O–H groups in total. The van der Waals surface area contributed by atoms with Gasteiger partial charge >= 0.3 is 0 Å². The molecule has 15 heavy (non-hydrogen) atoms. The van der Waals surface area contributed by atoms with Gasteiger partial charge in [-0.2, -0.15) is 0 Å². The lowest BCUT2D eigenvalue weighted by atomic mass is 9.98. The number of aryl methyl sites for hydroxylation is 2. The molecule has 1 nitrogen and oxygen atoms in total. The van der Waals surface area contributed by atoms with E-state index in [4.69, 9.17) is 4.74 Å². The molecule has 0 aromatic heterocycles. The second-order valence-corrected chi connectivity index (χ2v) is 3.79. The average Bonchev–Trinajstić information content (AvgIpc) is 2.29. The molecule has 0 radical (unpaired) electrons. The molecule has 0 fully saturated rings. The molecule has 0 spiro atoms. The fourth-order valence-electron chi connectivity index (χ4n) is 2.02. The van der Waals surface area contributed by atoms with E-state index in [0.29, 0.717) is 0 Å². The predicted molar refractivity (Wildman–Crippen MR) is 64.6 cm³/mol. The van der Waals surface area contributed by atoms with Crippen LogP contribution in [0.5, 0.6) is 5.75 Å². The predicted octanol–water partition coefficient (Wildman–Crippen LogP) is 3.72. The first-order chi connectivity index (χ1) is 7.26. The Balaban J connectivity index is 2.68. The number of ether oxygens (including phenoxy) is 1. The van der Waals surface area contributed by atoms with Crippen molar-refractivity contribution in [3.8, 4) is 5.75 Å². The van der Waals surface area contributed by atoms with Crippen molar-refractivity contribution >= 4 is 10.8 Å². The fraction of sp³-hybridized carbons (Fsp3) is 0.286. The van der Waals surface area contributed by atoms with Gasteiger partial charge in [0.1, 0.15) is 5.75 Å². The van der Waals surface area contributed by atoms with Crippen LogP contribution in [0, 0.1) is 6.92 Å². The maximum Gasteiger partial charge on any atom is 0.119 e. The summed E-state index contributed by atoms with van der Waals surface area (Å²) >= 11 is 0. The van der Waals surface area contributed by atoms with Crippen LogP contribution in [0.15, 0.2) is 30.3 Å². The minimum Gasteiger partial charge on any atom is -0.497 e. The lowest BCUT2D eigenvalue weighted by molar-refractivity contribution is 0.415. The normalized spacial score (nSPS) is 10.6. The van der Waals surface area contributed by atoms with Crippen molar-refractivity contribution in [2.24, 2.45) is 0 Å². The zero-order chi connectivity index (χ0) is 10.8. The van der Waals surface area contributed by atoms with Crippen LogP contribution >= 0.6 is 0 Å². The molecule has 2 aromatic carbocycles. The minimum atomic E-state index is 0.922. The van der Waals surface area contributed by atoms with Gasteiger partial charge in [-0.3, -0.25) is 0 Å². The third-order valence-corrected chi connectivity index (χ3v) is 2.99. The maximum absolute atomic E-state index is 5.22. The Morgan fingerprint density at radius 3 is 2.60 bits per heavy atom. The Hall–Kier alpha value is -1.50. The Morgan fingerprint density at radius 2 is 1.93 bits per heavy atom. The van der Waals surface area contributed by atoms with Crippen molar-refractivity contribution in [1.82, 2.24) is 0 Å². The lowest BCUT2D eigenvalue weighted by Gasteiger charge is -2.08. The van der Waals surface area contributed by atoms with E-state index in [-0.39, 0.29) is 0 Å². The molecule has 0 saturated heterocycles. The van der Waals surface area contributed by atoms with Crippen LogP contribution in [0.3, 0.4) is 0 Å². The molecule has 0 aliphatic carbocycles. The van der Waals surface area contributed by atoms with E-state index in [9.17, 15) is 0 Å². The van der Waals surface area contributed by atoms with Gasteiger partial charge in [0, 0.05) is 0 Å². The van der Waals surface area contributed by atoms with E-state index >= 15 is 0 Å². The largest absolute Gasteiger partial charge is 0.497 e. The standard InChI is InChI=1S/C14H16O/c1-4-11-5-6-12-9-13(15-3)7-8-14(12)10(11)2/h5-9H,4H2,1-3H3. The van der Waals surface area contributed by atoms with Crippen molar-refractivity contribution in [2.45, 2.75) is 20.3 Å². The van der Waals surface area contributed by atoms with Crippen molar-refractivity contribution in [2.75, 3.05) is 7.11 Å². The monoisotopic (exact) mass is 200 g/mol. The number of rotatable bonds is 2. The fourth-order valence-corrected chi connectivity index (χ4v) is 2.02. The van der Waals surface area contributed by atoms with E-state index in [0.717, 1.165) is 12.2 Å². The number of hydrogen-bond acceptors (Lipinski definition) is 1. The molecule has 0 atom stereocenters. The van der Waals surface area contributed by atoms with E-state index < -0.39 is 0 Å². The van der Waals surface area contributed by atoms with Gasteiger partial charge in [-0.15, -0.1) is 0 Å². The number of hydrogen-bond donors (Lipinski definition) is 0. The van der Waals surface area contributed by atoms with Gasteiger partial charge in [0.2, 0.25) is 0 Å². The van der Waals surface area contributed by atoms with Gasteiger partial charge in [-0.1, -0.05) is 25.1 Å². The lowest BCUT2D eigenvalue weighted by Crippen LogP contribution is -1.89. The second-order valence-electron chi connectivity index (χ2n) is 3.79. The summed E-state index contributed by atoms with van der Waals surface area (Å²) in [7, 11) is 1.70.